The molecule has 3 N–H and O–H groups in total. The van der Waals surface area contributed by atoms with E-state index >= 15 is 0 Å². The Bertz CT molecular complexity index is 595. The zero-order valence-electron chi connectivity index (χ0n) is 14.7. The molecule has 1 aliphatic carbocycles. The van der Waals surface area contributed by atoms with Gasteiger partial charge >= 0.3 is 0 Å². The van der Waals surface area contributed by atoms with Crippen LogP contribution in [0.4, 0.5) is 11.8 Å². The normalized spacial score (nSPS) is 14.6. The van der Waals surface area contributed by atoms with Crippen LogP contribution in [-0.4, -0.2) is 49.1 Å². The monoisotopic (exact) mass is 394 g/mol. The number of hydrogen-bond donors (Lipinski definition) is 3. The van der Waals surface area contributed by atoms with Crippen LogP contribution in [0.2, 0.25) is 0 Å². The van der Waals surface area contributed by atoms with E-state index in [9.17, 15) is 0 Å². The van der Waals surface area contributed by atoms with Crippen molar-refractivity contribution in [2.24, 2.45) is 5.92 Å². The molecule has 0 atom stereocenters. The molecular formula is C17H27BrN6. The van der Waals surface area contributed by atoms with Gasteiger partial charge in [0.2, 0.25) is 5.95 Å². The minimum Gasteiger partial charge on any atom is -0.375 e. The fourth-order valence-electron chi connectivity index (χ4n) is 2.19. The Hall–Kier alpha value is -1.60. The second-order valence-corrected chi connectivity index (χ2v) is 7.11. The van der Waals surface area contributed by atoms with Crippen molar-refractivity contribution in [1.29, 1.82) is 0 Å². The molecule has 0 bridgehead atoms. The minimum absolute atomic E-state index is 0.621. The number of anilines is 2. The molecule has 0 radical (unpaired) electrons. The molecule has 24 heavy (non-hydrogen) atoms. The first kappa shape index (κ1) is 18.7. The van der Waals surface area contributed by atoms with Crippen molar-refractivity contribution in [3.05, 3.63) is 34.7 Å². The van der Waals surface area contributed by atoms with Gasteiger partial charge in [-0.05, 0) is 73.4 Å². The van der Waals surface area contributed by atoms with Gasteiger partial charge in [0.15, 0.2) is 5.82 Å². The van der Waals surface area contributed by atoms with Gasteiger partial charge in [-0.25, -0.2) is 4.98 Å². The lowest BCUT2D eigenvalue weighted by molar-refractivity contribution is 0.405. The largest absolute Gasteiger partial charge is 0.375 e. The zero-order valence-corrected chi connectivity index (χ0v) is 16.3. The Morgan fingerprint density at radius 2 is 2.21 bits per heavy atom. The van der Waals surface area contributed by atoms with Crippen LogP contribution in [0.15, 0.2) is 34.7 Å². The van der Waals surface area contributed by atoms with Gasteiger partial charge in [-0.2, -0.15) is 4.98 Å². The van der Waals surface area contributed by atoms with E-state index in [0.717, 1.165) is 41.2 Å². The summed E-state index contributed by atoms with van der Waals surface area (Å²) >= 11 is 3.50. The predicted molar refractivity (Wildman–Crippen MR) is 104 cm³/mol. The number of allylic oxidation sites excluding steroid dienone is 2. The highest BCUT2D eigenvalue weighted by Gasteiger charge is 2.23. The lowest BCUT2D eigenvalue weighted by Gasteiger charge is -2.14. The summed E-state index contributed by atoms with van der Waals surface area (Å²) in [6.07, 6.45) is 7.33. The fraction of sp³-hybridized carbons (Fsp3) is 0.529. The van der Waals surface area contributed by atoms with Crippen LogP contribution in [0, 0.1) is 5.92 Å². The maximum Gasteiger partial charge on any atom is 0.224 e. The summed E-state index contributed by atoms with van der Waals surface area (Å²) in [6, 6.07) is 0. The Balaban J connectivity index is 1.97. The molecule has 1 aromatic heterocycles. The lowest BCUT2D eigenvalue weighted by atomic mass is 10.2. The second kappa shape index (κ2) is 9.03. The van der Waals surface area contributed by atoms with E-state index in [1.165, 1.54) is 12.8 Å². The third kappa shape index (κ3) is 6.13. The van der Waals surface area contributed by atoms with Gasteiger partial charge in [-0.15, -0.1) is 0 Å². The molecule has 0 unspecified atom stereocenters. The predicted octanol–water partition coefficient (Wildman–Crippen LogP) is 3.04. The standard InChI is InChI=1S/C17H27BrN6/c1-12(13-6-7-13)10-15(19-2)22-16-14(18)11-21-17(23-16)20-8-5-9-24(3)4/h10-11,13,19H,1,5-9H2,2-4H3,(H2,20,21,22,23)/b15-10+. The van der Waals surface area contributed by atoms with E-state index in [2.05, 4.69) is 73.5 Å². The lowest BCUT2D eigenvalue weighted by Crippen LogP contribution is -2.18. The Morgan fingerprint density at radius 1 is 1.46 bits per heavy atom. The van der Waals surface area contributed by atoms with E-state index in [1.54, 1.807) is 6.20 Å². The molecule has 1 aromatic rings. The van der Waals surface area contributed by atoms with Crippen molar-refractivity contribution in [1.82, 2.24) is 20.2 Å². The van der Waals surface area contributed by atoms with E-state index in [4.69, 9.17) is 0 Å². The van der Waals surface area contributed by atoms with E-state index in [1.807, 2.05) is 7.05 Å². The molecule has 0 saturated heterocycles. The number of hydrogen-bond acceptors (Lipinski definition) is 6. The summed E-state index contributed by atoms with van der Waals surface area (Å²) in [5, 5.41) is 9.72. The van der Waals surface area contributed by atoms with E-state index < -0.39 is 0 Å². The molecule has 0 spiro atoms. The molecule has 0 aliphatic heterocycles. The van der Waals surface area contributed by atoms with Crippen LogP contribution in [0.3, 0.4) is 0 Å². The van der Waals surface area contributed by atoms with E-state index in [0.29, 0.717) is 11.9 Å². The van der Waals surface area contributed by atoms with Crippen molar-refractivity contribution < 1.29 is 0 Å². The van der Waals surface area contributed by atoms with Crippen LogP contribution < -0.4 is 16.0 Å². The summed E-state index contributed by atoms with van der Waals surface area (Å²) in [7, 11) is 6.02. The molecule has 1 saturated carbocycles. The SMILES string of the molecule is C=C(/C=C(\NC)Nc1nc(NCCCN(C)C)ncc1Br)C1CC1. The molecule has 132 valence electrons. The van der Waals surface area contributed by atoms with Gasteiger partial charge in [-0.1, -0.05) is 6.58 Å². The summed E-state index contributed by atoms with van der Waals surface area (Å²) in [5.41, 5.74) is 1.15. The molecule has 1 fully saturated rings. The van der Waals surface area contributed by atoms with Gasteiger partial charge in [0.25, 0.3) is 0 Å². The maximum atomic E-state index is 4.54. The van der Waals surface area contributed by atoms with Crippen molar-refractivity contribution in [2.75, 3.05) is 44.9 Å². The summed E-state index contributed by atoms with van der Waals surface area (Å²) in [6.45, 7) is 6.01. The van der Waals surface area contributed by atoms with Gasteiger partial charge in [-0.3, -0.25) is 0 Å². The van der Waals surface area contributed by atoms with Gasteiger partial charge in [0, 0.05) is 19.8 Å². The molecule has 0 aromatic carbocycles. The van der Waals surface area contributed by atoms with Crippen molar-refractivity contribution in [3.63, 3.8) is 0 Å². The number of nitrogens with one attached hydrogen (secondary N) is 3. The molecule has 7 heteroatoms. The number of aromatic nitrogens is 2. The Kier molecular flexibility index (Phi) is 7.05. The second-order valence-electron chi connectivity index (χ2n) is 6.26. The summed E-state index contributed by atoms with van der Waals surface area (Å²) in [4.78, 5) is 11.0. The van der Waals surface area contributed by atoms with Crippen LogP contribution in [-0.2, 0) is 0 Å². The fourth-order valence-corrected chi connectivity index (χ4v) is 2.48. The van der Waals surface area contributed by atoms with Gasteiger partial charge in [0.05, 0.1) is 4.47 Å². The highest BCUT2D eigenvalue weighted by atomic mass is 79.9. The first-order valence-corrected chi connectivity index (χ1v) is 9.05. The summed E-state index contributed by atoms with van der Waals surface area (Å²) in [5.74, 6) is 2.86. The molecule has 0 amide bonds. The number of rotatable bonds is 10. The number of halogens is 1. The molecular weight excluding hydrogens is 368 g/mol. The topological polar surface area (TPSA) is 65.1 Å². The average Bonchev–Trinajstić information content (AvgIpc) is 3.38. The Morgan fingerprint density at radius 3 is 2.83 bits per heavy atom. The van der Waals surface area contributed by atoms with Gasteiger partial charge < -0.3 is 20.9 Å². The molecule has 1 heterocycles. The minimum atomic E-state index is 0.621. The van der Waals surface area contributed by atoms with Crippen LogP contribution in [0.25, 0.3) is 0 Å². The number of nitrogens with zero attached hydrogens (tertiary/aromatic N) is 3. The summed E-state index contributed by atoms with van der Waals surface area (Å²) < 4.78 is 0.819. The van der Waals surface area contributed by atoms with Crippen molar-refractivity contribution >= 4 is 27.7 Å². The Labute approximate surface area is 153 Å². The highest BCUT2D eigenvalue weighted by Crippen LogP contribution is 2.36. The third-order valence-corrected chi connectivity index (χ3v) is 4.34. The molecule has 1 aliphatic rings. The zero-order chi connectivity index (χ0) is 17.5. The maximum absolute atomic E-state index is 4.54. The van der Waals surface area contributed by atoms with Crippen LogP contribution >= 0.6 is 15.9 Å². The van der Waals surface area contributed by atoms with E-state index in [-0.39, 0.29) is 0 Å². The average molecular weight is 395 g/mol. The highest BCUT2D eigenvalue weighted by molar-refractivity contribution is 9.10. The van der Waals surface area contributed by atoms with Gasteiger partial charge in [0.1, 0.15) is 5.82 Å². The van der Waals surface area contributed by atoms with Crippen LogP contribution in [0.1, 0.15) is 19.3 Å². The quantitative estimate of drug-likeness (QED) is 0.418. The first-order valence-electron chi connectivity index (χ1n) is 8.26. The molecule has 6 nitrogen and oxygen atoms in total. The van der Waals surface area contributed by atoms with Crippen molar-refractivity contribution in [2.45, 2.75) is 19.3 Å². The van der Waals surface area contributed by atoms with Crippen molar-refractivity contribution in [3.8, 4) is 0 Å². The van der Waals surface area contributed by atoms with Crippen LogP contribution in [0.5, 0.6) is 0 Å². The third-order valence-electron chi connectivity index (χ3n) is 3.76. The smallest absolute Gasteiger partial charge is 0.224 e. The first-order chi connectivity index (χ1) is 11.5. The molecule has 2 rings (SSSR count).